The number of nitrogens with one attached hydrogen (secondary N) is 2. The van der Waals surface area contributed by atoms with Crippen LogP contribution in [-0.4, -0.2) is 31.8 Å². The van der Waals surface area contributed by atoms with Crippen molar-refractivity contribution < 1.29 is 18.7 Å². The van der Waals surface area contributed by atoms with Crippen molar-refractivity contribution in [3.63, 3.8) is 0 Å². The number of carbonyl (C=O) groups is 1. The van der Waals surface area contributed by atoms with Gasteiger partial charge in [0, 0.05) is 24.7 Å². The van der Waals surface area contributed by atoms with E-state index in [4.69, 9.17) is 0 Å². The first-order chi connectivity index (χ1) is 10.9. The van der Waals surface area contributed by atoms with Crippen LogP contribution in [0.25, 0.3) is 0 Å². The molecule has 5 nitrogen and oxygen atoms in total. The number of aliphatic hydroxyl groups excluding tert-OH is 1. The van der Waals surface area contributed by atoms with Gasteiger partial charge in [-0.1, -0.05) is 6.07 Å². The number of anilines is 2. The molecule has 0 saturated heterocycles. The van der Waals surface area contributed by atoms with E-state index in [1.54, 1.807) is 12.1 Å². The van der Waals surface area contributed by atoms with Crippen molar-refractivity contribution in [3.05, 3.63) is 46.2 Å². The fourth-order valence-electron chi connectivity index (χ4n) is 2.01. The standard InChI is InChI=1S/C15H17F2N3O2S/c1-20(2)14-10(16)6-9(7-11(14)17)19-15(22)18-8-12(21)13-4-3-5-23-13/h3-7,12,21H,8H2,1-2H3,(H2,18,19,22)/t12-/m0/s1. The van der Waals surface area contributed by atoms with Gasteiger partial charge in [-0.25, -0.2) is 13.6 Å². The molecule has 1 heterocycles. The lowest BCUT2D eigenvalue weighted by Gasteiger charge is -2.16. The Hall–Kier alpha value is -2.19. The highest BCUT2D eigenvalue weighted by Crippen LogP contribution is 2.25. The zero-order valence-corrected chi connectivity index (χ0v) is 13.5. The van der Waals surface area contributed by atoms with Gasteiger partial charge in [-0.2, -0.15) is 0 Å². The summed E-state index contributed by atoms with van der Waals surface area (Å²) in [5.41, 5.74) is -0.183. The Bertz CT molecular complexity index is 654. The number of benzene rings is 1. The van der Waals surface area contributed by atoms with Crippen molar-refractivity contribution in [1.29, 1.82) is 0 Å². The average Bonchev–Trinajstić information content (AvgIpc) is 2.97. The second kappa shape index (κ2) is 7.38. The van der Waals surface area contributed by atoms with E-state index >= 15 is 0 Å². The average molecular weight is 341 g/mol. The third-order valence-electron chi connectivity index (χ3n) is 3.05. The number of rotatable bonds is 5. The molecule has 1 aromatic carbocycles. The molecule has 1 atom stereocenters. The number of aliphatic hydroxyl groups is 1. The summed E-state index contributed by atoms with van der Waals surface area (Å²) in [6, 6.07) is 4.96. The summed E-state index contributed by atoms with van der Waals surface area (Å²) in [5, 5.41) is 16.4. The molecule has 0 fully saturated rings. The minimum Gasteiger partial charge on any atom is -0.386 e. The van der Waals surface area contributed by atoms with Gasteiger partial charge < -0.3 is 20.6 Å². The summed E-state index contributed by atoms with van der Waals surface area (Å²) in [4.78, 5) is 13.8. The van der Waals surface area contributed by atoms with Gasteiger partial charge in [-0.05, 0) is 23.6 Å². The van der Waals surface area contributed by atoms with E-state index in [-0.39, 0.29) is 17.9 Å². The van der Waals surface area contributed by atoms with Crippen molar-refractivity contribution in [3.8, 4) is 0 Å². The van der Waals surface area contributed by atoms with Crippen LogP contribution in [0, 0.1) is 11.6 Å². The van der Waals surface area contributed by atoms with Crippen molar-refractivity contribution in [1.82, 2.24) is 5.32 Å². The summed E-state index contributed by atoms with van der Waals surface area (Å²) >= 11 is 1.37. The quantitative estimate of drug-likeness (QED) is 0.783. The number of urea groups is 1. The Morgan fingerprint density at radius 3 is 2.52 bits per heavy atom. The van der Waals surface area contributed by atoms with Gasteiger partial charge in [-0.15, -0.1) is 11.3 Å². The highest BCUT2D eigenvalue weighted by atomic mass is 32.1. The van der Waals surface area contributed by atoms with E-state index in [9.17, 15) is 18.7 Å². The number of carbonyl (C=O) groups excluding carboxylic acids is 1. The summed E-state index contributed by atoms with van der Waals surface area (Å²) in [6.07, 6.45) is -0.828. The lowest BCUT2D eigenvalue weighted by molar-refractivity contribution is 0.178. The SMILES string of the molecule is CN(C)c1c(F)cc(NC(=O)NC[C@H](O)c2cccs2)cc1F. The van der Waals surface area contributed by atoms with Gasteiger partial charge >= 0.3 is 6.03 Å². The van der Waals surface area contributed by atoms with Gasteiger partial charge in [0.1, 0.15) is 11.8 Å². The number of halogens is 2. The third-order valence-corrected chi connectivity index (χ3v) is 4.02. The molecule has 0 aliphatic heterocycles. The number of thiophene rings is 1. The second-order valence-corrected chi connectivity index (χ2v) is 6.03. The van der Waals surface area contributed by atoms with Gasteiger partial charge in [0.25, 0.3) is 0 Å². The third kappa shape index (κ3) is 4.40. The van der Waals surface area contributed by atoms with E-state index in [1.807, 2.05) is 5.38 Å². The van der Waals surface area contributed by atoms with Gasteiger partial charge in [0.2, 0.25) is 0 Å². The van der Waals surface area contributed by atoms with Crippen molar-refractivity contribution >= 4 is 28.7 Å². The van der Waals surface area contributed by atoms with E-state index in [2.05, 4.69) is 10.6 Å². The summed E-state index contributed by atoms with van der Waals surface area (Å²) < 4.78 is 27.6. The number of hydrogen-bond acceptors (Lipinski definition) is 4. The molecule has 1 aromatic heterocycles. The first-order valence-corrected chi connectivity index (χ1v) is 7.69. The second-order valence-electron chi connectivity index (χ2n) is 5.05. The highest BCUT2D eigenvalue weighted by molar-refractivity contribution is 7.10. The van der Waals surface area contributed by atoms with Crippen LogP contribution in [-0.2, 0) is 0 Å². The normalized spacial score (nSPS) is 11.9. The molecule has 0 saturated carbocycles. The first kappa shape index (κ1) is 17.2. The molecule has 124 valence electrons. The molecule has 0 spiro atoms. The lowest BCUT2D eigenvalue weighted by Crippen LogP contribution is -2.32. The fourth-order valence-corrected chi connectivity index (χ4v) is 2.72. The maximum Gasteiger partial charge on any atom is 0.319 e. The van der Waals surface area contributed by atoms with Gasteiger partial charge in [0.15, 0.2) is 11.6 Å². The predicted molar refractivity (Wildman–Crippen MR) is 87.0 cm³/mol. The van der Waals surface area contributed by atoms with Crippen molar-refractivity contribution in [2.45, 2.75) is 6.10 Å². The molecular weight excluding hydrogens is 324 g/mol. The van der Waals surface area contributed by atoms with E-state index in [0.717, 1.165) is 17.0 Å². The molecule has 0 radical (unpaired) electrons. The lowest BCUT2D eigenvalue weighted by atomic mass is 10.2. The van der Waals surface area contributed by atoms with Crippen LogP contribution in [0.3, 0.4) is 0 Å². The molecule has 2 rings (SSSR count). The molecule has 0 unspecified atom stereocenters. The molecule has 8 heteroatoms. The van der Waals surface area contributed by atoms with Crippen molar-refractivity contribution in [2.75, 3.05) is 30.9 Å². The monoisotopic (exact) mass is 341 g/mol. The van der Waals surface area contributed by atoms with E-state index in [0.29, 0.717) is 0 Å². The number of nitrogens with zero attached hydrogens (tertiary/aromatic N) is 1. The molecule has 0 aliphatic carbocycles. The zero-order chi connectivity index (χ0) is 17.0. The minimum absolute atomic E-state index is 0.00582. The summed E-state index contributed by atoms with van der Waals surface area (Å²) in [7, 11) is 3.04. The fraction of sp³-hybridized carbons (Fsp3) is 0.267. The van der Waals surface area contributed by atoms with Crippen LogP contribution in [0.5, 0.6) is 0 Å². The number of amides is 2. The summed E-state index contributed by atoms with van der Waals surface area (Å²) in [5.74, 6) is -1.55. The van der Waals surface area contributed by atoms with Crippen LogP contribution in [0.2, 0.25) is 0 Å². The van der Waals surface area contributed by atoms with Crippen LogP contribution in [0.4, 0.5) is 25.0 Å². The molecule has 23 heavy (non-hydrogen) atoms. The van der Waals surface area contributed by atoms with Crippen LogP contribution < -0.4 is 15.5 Å². The van der Waals surface area contributed by atoms with Gasteiger partial charge in [0.05, 0.1) is 6.54 Å². The Morgan fingerprint density at radius 1 is 1.35 bits per heavy atom. The predicted octanol–water partition coefficient (Wildman–Crippen LogP) is 2.95. The maximum absolute atomic E-state index is 13.8. The Balaban J connectivity index is 1.95. The Morgan fingerprint density at radius 2 is 2.00 bits per heavy atom. The van der Waals surface area contributed by atoms with E-state index in [1.165, 1.54) is 30.3 Å². The largest absolute Gasteiger partial charge is 0.386 e. The topological polar surface area (TPSA) is 64.6 Å². The first-order valence-electron chi connectivity index (χ1n) is 6.81. The summed E-state index contributed by atoms with van der Waals surface area (Å²) in [6.45, 7) is -0.00685. The smallest absolute Gasteiger partial charge is 0.319 e. The van der Waals surface area contributed by atoms with Crippen LogP contribution in [0.1, 0.15) is 11.0 Å². The number of hydrogen-bond donors (Lipinski definition) is 3. The van der Waals surface area contributed by atoms with Crippen LogP contribution >= 0.6 is 11.3 Å². The Labute approximate surface area is 136 Å². The van der Waals surface area contributed by atoms with E-state index < -0.39 is 23.8 Å². The molecule has 0 aliphatic rings. The molecule has 2 aromatic rings. The minimum atomic E-state index is -0.828. The Kier molecular flexibility index (Phi) is 5.51. The molecule has 2 amide bonds. The van der Waals surface area contributed by atoms with Crippen LogP contribution in [0.15, 0.2) is 29.6 Å². The molecule has 0 bridgehead atoms. The molecular formula is C15H17F2N3O2S. The zero-order valence-electron chi connectivity index (χ0n) is 12.6. The van der Waals surface area contributed by atoms with Crippen molar-refractivity contribution in [2.24, 2.45) is 0 Å². The molecule has 3 N–H and O–H groups in total. The highest BCUT2D eigenvalue weighted by Gasteiger charge is 2.15. The van der Waals surface area contributed by atoms with Gasteiger partial charge in [-0.3, -0.25) is 0 Å². The maximum atomic E-state index is 13.8.